The second-order valence-electron chi connectivity index (χ2n) is 3.77. The largest absolute Gasteiger partial charge is 0.497 e. The van der Waals surface area contributed by atoms with E-state index in [4.69, 9.17) is 16.3 Å². The SMILES string of the molecule is COc1ccc(C(Br)c2ccccc2F)c(Cl)c1. The van der Waals surface area contributed by atoms with E-state index in [0.717, 1.165) is 5.56 Å². The minimum atomic E-state index is -0.280. The van der Waals surface area contributed by atoms with Gasteiger partial charge in [-0.05, 0) is 23.8 Å². The van der Waals surface area contributed by atoms with E-state index >= 15 is 0 Å². The van der Waals surface area contributed by atoms with Crippen LogP contribution in [0.2, 0.25) is 5.02 Å². The highest BCUT2D eigenvalue weighted by Gasteiger charge is 2.17. The lowest BCUT2D eigenvalue weighted by Gasteiger charge is -2.14. The molecule has 1 atom stereocenters. The van der Waals surface area contributed by atoms with Crippen molar-refractivity contribution in [3.63, 3.8) is 0 Å². The maximum atomic E-state index is 13.7. The van der Waals surface area contributed by atoms with Crippen molar-refractivity contribution in [1.29, 1.82) is 0 Å². The van der Waals surface area contributed by atoms with Crippen LogP contribution in [0.15, 0.2) is 42.5 Å². The molecule has 0 bridgehead atoms. The van der Waals surface area contributed by atoms with Gasteiger partial charge in [-0.15, -0.1) is 0 Å². The van der Waals surface area contributed by atoms with Crippen LogP contribution < -0.4 is 4.74 Å². The Balaban J connectivity index is 2.40. The van der Waals surface area contributed by atoms with Crippen LogP contribution in [-0.4, -0.2) is 7.11 Å². The van der Waals surface area contributed by atoms with E-state index in [0.29, 0.717) is 16.3 Å². The smallest absolute Gasteiger partial charge is 0.127 e. The van der Waals surface area contributed by atoms with Gasteiger partial charge in [-0.1, -0.05) is 51.8 Å². The first kappa shape index (κ1) is 13.4. The molecule has 1 unspecified atom stereocenters. The molecule has 2 aromatic carbocycles. The van der Waals surface area contributed by atoms with Gasteiger partial charge in [0.2, 0.25) is 0 Å². The normalized spacial score (nSPS) is 12.2. The molecule has 0 saturated carbocycles. The van der Waals surface area contributed by atoms with Crippen molar-refractivity contribution in [2.24, 2.45) is 0 Å². The number of hydrogen-bond donors (Lipinski definition) is 0. The highest BCUT2D eigenvalue weighted by atomic mass is 79.9. The number of hydrogen-bond acceptors (Lipinski definition) is 1. The van der Waals surface area contributed by atoms with Crippen LogP contribution in [0.5, 0.6) is 5.75 Å². The van der Waals surface area contributed by atoms with Crippen LogP contribution >= 0.6 is 27.5 Å². The summed E-state index contributed by atoms with van der Waals surface area (Å²) in [5, 5.41) is 0.541. The predicted octanol–water partition coefficient (Wildman–Crippen LogP) is 4.97. The molecule has 0 heterocycles. The van der Waals surface area contributed by atoms with Gasteiger partial charge in [0.1, 0.15) is 11.6 Å². The Morgan fingerprint density at radius 2 is 1.89 bits per heavy atom. The van der Waals surface area contributed by atoms with Crippen molar-refractivity contribution < 1.29 is 9.13 Å². The molecule has 4 heteroatoms. The van der Waals surface area contributed by atoms with Crippen molar-refractivity contribution in [2.75, 3.05) is 7.11 Å². The fourth-order valence-electron chi connectivity index (χ4n) is 1.69. The number of alkyl halides is 1. The summed E-state index contributed by atoms with van der Waals surface area (Å²) >= 11 is 9.65. The summed E-state index contributed by atoms with van der Waals surface area (Å²) in [6, 6.07) is 12.0. The lowest BCUT2D eigenvalue weighted by atomic mass is 10.0. The van der Waals surface area contributed by atoms with Gasteiger partial charge in [0.15, 0.2) is 0 Å². The van der Waals surface area contributed by atoms with Crippen LogP contribution in [0.1, 0.15) is 16.0 Å². The Morgan fingerprint density at radius 1 is 1.17 bits per heavy atom. The topological polar surface area (TPSA) is 9.23 Å². The van der Waals surface area contributed by atoms with Crippen molar-refractivity contribution in [3.05, 3.63) is 64.4 Å². The molecular formula is C14H11BrClFO. The van der Waals surface area contributed by atoms with Crippen LogP contribution in [0.4, 0.5) is 4.39 Å². The third-order valence-corrected chi connectivity index (χ3v) is 3.97. The van der Waals surface area contributed by atoms with Crippen molar-refractivity contribution in [2.45, 2.75) is 4.83 Å². The summed E-state index contributed by atoms with van der Waals surface area (Å²) in [6.45, 7) is 0. The minimum Gasteiger partial charge on any atom is -0.497 e. The number of benzene rings is 2. The summed E-state index contributed by atoms with van der Waals surface area (Å²) < 4.78 is 18.8. The quantitative estimate of drug-likeness (QED) is 0.722. The molecular weight excluding hydrogens is 319 g/mol. The van der Waals surface area contributed by atoms with Crippen LogP contribution in [-0.2, 0) is 0 Å². The van der Waals surface area contributed by atoms with E-state index < -0.39 is 0 Å². The second kappa shape index (κ2) is 5.72. The van der Waals surface area contributed by atoms with Gasteiger partial charge in [0.25, 0.3) is 0 Å². The Labute approximate surface area is 119 Å². The molecule has 0 aromatic heterocycles. The van der Waals surface area contributed by atoms with Gasteiger partial charge in [-0.2, -0.15) is 0 Å². The average molecular weight is 330 g/mol. The summed E-state index contributed by atoms with van der Waals surface area (Å²) in [7, 11) is 1.58. The summed E-state index contributed by atoms with van der Waals surface area (Å²) in [4.78, 5) is -0.280. The molecule has 94 valence electrons. The first-order valence-corrected chi connectivity index (χ1v) is 6.64. The first-order chi connectivity index (χ1) is 8.63. The van der Waals surface area contributed by atoms with E-state index in [2.05, 4.69) is 15.9 Å². The fraction of sp³-hybridized carbons (Fsp3) is 0.143. The number of rotatable bonds is 3. The lowest BCUT2D eigenvalue weighted by molar-refractivity contribution is 0.414. The summed E-state index contributed by atoms with van der Waals surface area (Å²) in [5.41, 5.74) is 1.37. The number of halogens is 3. The molecule has 2 aromatic rings. The zero-order chi connectivity index (χ0) is 13.1. The van der Waals surface area contributed by atoms with E-state index in [1.807, 2.05) is 6.07 Å². The molecule has 0 N–H and O–H groups in total. The highest BCUT2D eigenvalue weighted by molar-refractivity contribution is 9.09. The molecule has 2 rings (SSSR count). The third-order valence-electron chi connectivity index (χ3n) is 2.66. The number of ether oxygens (including phenoxy) is 1. The van der Waals surface area contributed by atoms with Gasteiger partial charge in [-0.3, -0.25) is 0 Å². The third kappa shape index (κ3) is 2.68. The lowest BCUT2D eigenvalue weighted by Crippen LogP contribution is -1.97. The fourth-order valence-corrected chi connectivity index (χ4v) is 2.87. The predicted molar refractivity (Wildman–Crippen MR) is 75.2 cm³/mol. The highest BCUT2D eigenvalue weighted by Crippen LogP contribution is 2.37. The van der Waals surface area contributed by atoms with E-state index in [1.54, 1.807) is 37.4 Å². The van der Waals surface area contributed by atoms with Crippen molar-refractivity contribution in [3.8, 4) is 5.75 Å². The van der Waals surface area contributed by atoms with Gasteiger partial charge in [0.05, 0.1) is 11.9 Å². The molecule has 1 nitrogen and oxygen atoms in total. The molecule has 0 aliphatic rings. The molecule has 0 radical (unpaired) electrons. The van der Waals surface area contributed by atoms with Gasteiger partial charge < -0.3 is 4.74 Å². The molecule has 0 fully saturated rings. The molecule has 0 spiro atoms. The maximum absolute atomic E-state index is 13.7. The van der Waals surface area contributed by atoms with Crippen molar-refractivity contribution in [1.82, 2.24) is 0 Å². The number of methoxy groups -OCH3 is 1. The zero-order valence-electron chi connectivity index (χ0n) is 9.66. The Bertz CT molecular complexity index is 559. The Hall–Kier alpha value is -1.06. The van der Waals surface area contributed by atoms with Crippen LogP contribution in [0.3, 0.4) is 0 Å². The average Bonchev–Trinajstić information content (AvgIpc) is 2.38. The zero-order valence-corrected chi connectivity index (χ0v) is 12.0. The standard InChI is InChI=1S/C14H11BrClFO/c1-18-9-6-7-10(12(16)8-9)14(15)11-4-2-3-5-13(11)17/h2-8,14H,1H3. The molecule has 0 aliphatic carbocycles. The summed E-state index contributed by atoms with van der Waals surface area (Å²) in [6.07, 6.45) is 0. The van der Waals surface area contributed by atoms with Crippen LogP contribution in [0.25, 0.3) is 0 Å². The Morgan fingerprint density at radius 3 is 2.50 bits per heavy atom. The molecule has 0 aliphatic heterocycles. The minimum absolute atomic E-state index is 0.258. The van der Waals surface area contributed by atoms with E-state index in [-0.39, 0.29) is 10.6 Å². The molecule has 18 heavy (non-hydrogen) atoms. The van der Waals surface area contributed by atoms with E-state index in [9.17, 15) is 4.39 Å². The van der Waals surface area contributed by atoms with Gasteiger partial charge in [0, 0.05) is 10.6 Å². The molecule has 0 saturated heterocycles. The first-order valence-electron chi connectivity index (χ1n) is 5.35. The van der Waals surface area contributed by atoms with Crippen molar-refractivity contribution >= 4 is 27.5 Å². The van der Waals surface area contributed by atoms with Gasteiger partial charge in [-0.25, -0.2) is 4.39 Å². The Kier molecular flexibility index (Phi) is 4.25. The monoisotopic (exact) mass is 328 g/mol. The van der Waals surface area contributed by atoms with Crippen LogP contribution in [0, 0.1) is 5.82 Å². The maximum Gasteiger partial charge on any atom is 0.127 e. The second-order valence-corrected chi connectivity index (χ2v) is 5.09. The summed E-state index contributed by atoms with van der Waals surface area (Å²) in [5.74, 6) is 0.420. The molecule has 0 amide bonds. The van der Waals surface area contributed by atoms with E-state index in [1.165, 1.54) is 6.07 Å². The van der Waals surface area contributed by atoms with Gasteiger partial charge >= 0.3 is 0 Å².